The number of carbonyl (C=O) groups is 2. The maximum Gasteiger partial charge on any atom is 0.329 e. The molecule has 1 amide bonds. The number of carbonyl (C=O) groups excluding carboxylic acids is 2. The van der Waals surface area contributed by atoms with Crippen molar-refractivity contribution in [2.75, 3.05) is 12.4 Å². The van der Waals surface area contributed by atoms with E-state index in [1.165, 1.54) is 10.9 Å². The molecule has 0 fully saturated rings. The Balaban J connectivity index is 2.74. The highest BCUT2D eigenvalue weighted by Gasteiger charge is 2.26. The Bertz CT molecular complexity index is 467. The van der Waals surface area contributed by atoms with Gasteiger partial charge in [-0.1, -0.05) is 18.5 Å². The largest absolute Gasteiger partial charge is 0.464 e. The van der Waals surface area contributed by atoms with Crippen molar-refractivity contribution < 1.29 is 14.3 Å². The van der Waals surface area contributed by atoms with E-state index in [0.29, 0.717) is 11.4 Å². The zero-order chi connectivity index (χ0) is 15.1. The first-order valence-electron chi connectivity index (χ1n) is 6.30. The number of hydrogen-bond acceptors (Lipinski definition) is 5. The fourth-order valence-corrected chi connectivity index (χ4v) is 2.05. The molecule has 1 aromatic heterocycles. The molecule has 0 aromatic carbocycles. The lowest BCUT2D eigenvalue weighted by molar-refractivity contribution is -0.147. The van der Waals surface area contributed by atoms with Crippen LogP contribution in [0, 0.1) is 0 Å². The molecule has 1 heterocycles. The van der Waals surface area contributed by atoms with Crippen LogP contribution in [0.1, 0.15) is 26.3 Å². The van der Waals surface area contributed by atoms with Crippen molar-refractivity contribution in [2.45, 2.75) is 32.4 Å². The van der Waals surface area contributed by atoms with Gasteiger partial charge < -0.3 is 10.1 Å². The van der Waals surface area contributed by atoms with Crippen LogP contribution in [0.4, 0.5) is 0 Å². The van der Waals surface area contributed by atoms with E-state index >= 15 is 0 Å². The van der Waals surface area contributed by atoms with Crippen molar-refractivity contribution in [1.29, 1.82) is 0 Å². The molecule has 0 radical (unpaired) electrons. The Kier molecular flexibility index (Phi) is 6.87. The number of ether oxygens (including phenoxy) is 1. The quantitative estimate of drug-likeness (QED) is 0.589. The standard InChI is InChI=1S/C12H18ClN3O3S/c1-3-10(16-6-8(13)5-14-16)11(17)15-9(7-20)12(18)19-4-2/h5-6,9-10,20H,3-4,7H2,1-2H3,(H,15,17)/t9-,10?/m0/s1. The second-order valence-electron chi connectivity index (χ2n) is 4.06. The lowest BCUT2D eigenvalue weighted by Crippen LogP contribution is -2.46. The third-order valence-electron chi connectivity index (χ3n) is 2.65. The molecule has 0 aliphatic rings. The molecule has 1 rings (SSSR count). The summed E-state index contributed by atoms with van der Waals surface area (Å²) in [6, 6.07) is -1.30. The van der Waals surface area contributed by atoms with Gasteiger partial charge in [0.15, 0.2) is 0 Å². The summed E-state index contributed by atoms with van der Waals surface area (Å²) in [5.74, 6) is -0.649. The van der Waals surface area contributed by atoms with E-state index in [-0.39, 0.29) is 18.3 Å². The normalized spacial score (nSPS) is 13.6. The van der Waals surface area contributed by atoms with Gasteiger partial charge in [0.25, 0.3) is 0 Å². The number of nitrogens with one attached hydrogen (secondary N) is 1. The van der Waals surface area contributed by atoms with E-state index in [1.54, 1.807) is 13.1 Å². The van der Waals surface area contributed by atoms with Crippen LogP contribution in [0.5, 0.6) is 0 Å². The van der Waals surface area contributed by atoms with Gasteiger partial charge in [-0.2, -0.15) is 17.7 Å². The molecule has 1 aromatic rings. The monoisotopic (exact) mass is 319 g/mol. The Morgan fingerprint density at radius 2 is 2.25 bits per heavy atom. The first-order valence-corrected chi connectivity index (χ1v) is 7.32. The molecule has 0 bridgehead atoms. The first kappa shape index (κ1) is 16.8. The molecule has 6 nitrogen and oxygen atoms in total. The van der Waals surface area contributed by atoms with Gasteiger partial charge in [0.2, 0.25) is 5.91 Å². The summed E-state index contributed by atoms with van der Waals surface area (Å²) in [6.07, 6.45) is 3.54. The highest BCUT2D eigenvalue weighted by molar-refractivity contribution is 7.80. The van der Waals surface area contributed by atoms with E-state index in [4.69, 9.17) is 16.3 Å². The molecule has 1 unspecified atom stereocenters. The van der Waals surface area contributed by atoms with Gasteiger partial charge in [-0.15, -0.1) is 0 Å². The predicted octanol–water partition coefficient (Wildman–Crippen LogP) is 1.47. The van der Waals surface area contributed by atoms with Gasteiger partial charge in [-0.3, -0.25) is 9.48 Å². The van der Waals surface area contributed by atoms with E-state index in [9.17, 15) is 9.59 Å². The minimum Gasteiger partial charge on any atom is -0.464 e. The summed E-state index contributed by atoms with van der Waals surface area (Å²) in [7, 11) is 0. The first-order chi connectivity index (χ1) is 9.53. The highest BCUT2D eigenvalue weighted by atomic mass is 35.5. The summed E-state index contributed by atoms with van der Waals surface area (Å²) in [5.41, 5.74) is 0. The second kappa shape index (κ2) is 8.16. The molecule has 1 N–H and O–H groups in total. The Hall–Kier alpha value is -1.21. The van der Waals surface area contributed by atoms with Crippen LogP contribution in [-0.2, 0) is 14.3 Å². The number of thiol groups is 1. The number of nitrogens with zero attached hydrogens (tertiary/aromatic N) is 2. The average Bonchev–Trinajstić information content (AvgIpc) is 2.83. The molecular formula is C12H18ClN3O3S. The molecule has 0 aliphatic heterocycles. The molecule has 0 spiro atoms. The lowest BCUT2D eigenvalue weighted by atomic mass is 10.2. The van der Waals surface area contributed by atoms with E-state index < -0.39 is 18.1 Å². The van der Waals surface area contributed by atoms with Gasteiger partial charge in [-0.25, -0.2) is 4.79 Å². The van der Waals surface area contributed by atoms with Gasteiger partial charge >= 0.3 is 5.97 Å². The van der Waals surface area contributed by atoms with E-state index in [2.05, 4.69) is 23.0 Å². The van der Waals surface area contributed by atoms with Crippen LogP contribution < -0.4 is 5.32 Å². The summed E-state index contributed by atoms with van der Waals surface area (Å²) < 4.78 is 6.34. The zero-order valence-electron chi connectivity index (χ0n) is 11.4. The van der Waals surface area contributed by atoms with Crippen LogP contribution in [0.25, 0.3) is 0 Å². The van der Waals surface area contributed by atoms with Gasteiger partial charge in [0, 0.05) is 11.9 Å². The molecule has 0 saturated carbocycles. The van der Waals surface area contributed by atoms with E-state index in [0.717, 1.165) is 0 Å². The fraction of sp³-hybridized carbons (Fsp3) is 0.583. The Labute approximate surface area is 128 Å². The number of esters is 1. The zero-order valence-corrected chi connectivity index (χ0v) is 13.0. The smallest absolute Gasteiger partial charge is 0.329 e. The van der Waals surface area contributed by atoms with E-state index in [1.807, 2.05) is 6.92 Å². The van der Waals surface area contributed by atoms with Crippen LogP contribution in [0.2, 0.25) is 5.02 Å². The number of hydrogen-bond donors (Lipinski definition) is 2. The topological polar surface area (TPSA) is 73.2 Å². The maximum atomic E-state index is 12.2. The predicted molar refractivity (Wildman–Crippen MR) is 79.0 cm³/mol. The van der Waals surface area contributed by atoms with Crippen LogP contribution in [0.15, 0.2) is 12.4 Å². The maximum absolute atomic E-state index is 12.2. The van der Waals surface area contributed by atoms with Crippen LogP contribution >= 0.6 is 24.2 Å². The van der Waals surface area contributed by atoms with Crippen molar-refractivity contribution in [3.05, 3.63) is 17.4 Å². The minimum absolute atomic E-state index is 0.168. The van der Waals surface area contributed by atoms with Crippen LogP contribution in [-0.4, -0.2) is 40.1 Å². The average molecular weight is 320 g/mol. The van der Waals surface area contributed by atoms with Crippen molar-refractivity contribution in [1.82, 2.24) is 15.1 Å². The van der Waals surface area contributed by atoms with Crippen LogP contribution in [0.3, 0.4) is 0 Å². The number of rotatable bonds is 7. The van der Waals surface area contributed by atoms with Gasteiger partial charge in [-0.05, 0) is 13.3 Å². The van der Waals surface area contributed by atoms with Crippen molar-refractivity contribution in [2.24, 2.45) is 0 Å². The number of amides is 1. The van der Waals surface area contributed by atoms with Crippen molar-refractivity contribution in [3.8, 4) is 0 Å². The SMILES string of the molecule is CCOC(=O)[C@H](CS)NC(=O)C(CC)n1cc(Cl)cn1. The summed E-state index contributed by atoms with van der Waals surface area (Å²) >= 11 is 9.84. The highest BCUT2D eigenvalue weighted by Crippen LogP contribution is 2.14. The number of halogens is 1. The number of aromatic nitrogens is 2. The van der Waals surface area contributed by atoms with Crippen molar-refractivity contribution >= 4 is 36.1 Å². The molecule has 0 aliphatic carbocycles. The minimum atomic E-state index is -0.772. The molecular weight excluding hydrogens is 302 g/mol. The summed E-state index contributed by atoms with van der Waals surface area (Å²) in [6.45, 7) is 3.81. The lowest BCUT2D eigenvalue weighted by Gasteiger charge is -2.20. The molecule has 8 heteroatoms. The fourth-order valence-electron chi connectivity index (χ4n) is 1.67. The van der Waals surface area contributed by atoms with Gasteiger partial charge in [0.05, 0.1) is 17.8 Å². The Morgan fingerprint density at radius 1 is 1.55 bits per heavy atom. The summed E-state index contributed by atoms with van der Waals surface area (Å²) in [5, 5.41) is 7.08. The Morgan fingerprint density at radius 3 is 2.70 bits per heavy atom. The molecule has 0 saturated heterocycles. The van der Waals surface area contributed by atoms with Crippen molar-refractivity contribution in [3.63, 3.8) is 0 Å². The third kappa shape index (κ3) is 4.42. The summed E-state index contributed by atoms with van der Waals surface area (Å²) in [4.78, 5) is 23.8. The molecule has 20 heavy (non-hydrogen) atoms. The second-order valence-corrected chi connectivity index (χ2v) is 4.86. The van der Waals surface area contributed by atoms with Gasteiger partial charge in [0.1, 0.15) is 12.1 Å². The molecule has 112 valence electrons. The third-order valence-corrected chi connectivity index (χ3v) is 3.21. The molecule has 2 atom stereocenters.